The Kier molecular flexibility index (Phi) is 8.79. The molecule has 19 heavy (non-hydrogen) atoms. The van der Waals surface area contributed by atoms with Crippen LogP contribution in [0, 0.1) is 0 Å². The zero-order chi connectivity index (χ0) is 14.1. The molecule has 0 amide bonds. The van der Waals surface area contributed by atoms with Crippen LogP contribution in [0.15, 0.2) is 28.7 Å². The van der Waals surface area contributed by atoms with Gasteiger partial charge in [0.05, 0.1) is 0 Å². The zero-order valence-electron chi connectivity index (χ0n) is 12.2. The Morgan fingerprint density at radius 3 is 2.79 bits per heavy atom. The molecule has 0 radical (unpaired) electrons. The molecule has 108 valence electrons. The van der Waals surface area contributed by atoms with Crippen LogP contribution in [0.4, 0.5) is 0 Å². The van der Waals surface area contributed by atoms with Crippen molar-refractivity contribution in [1.82, 2.24) is 10.2 Å². The first kappa shape index (κ1) is 17.0. The maximum Gasteiger partial charge on any atom is 0.0332 e. The quantitative estimate of drug-likeness (QED) is 0.733. The summed E-state index contributed by atoms with van der Waals surface area (Å²) >= 11 is 5.46. The van der Waals surface area contributed by atoms with Gasteiger partial charge in [-0.15, -0.1) is 0 Å². The molecule has 0 aliphatic rings. The fraction of sp³-hybridized carbons (Fsp3) is 0.600. The lowest BCUT2D eigenvalue weighted by molar-refractivity contribution is 0.325. The zero-order valence-corrected chi connectivity index (χ0v) is 14.6. The Labute approximate surface area is 130 Å². The molecule has 0 aliphatic heterocycles. The van der Waals surface area contributed by atoms with Crippen LogP contribution in [0.3, 0.4) is 0 Å². The van der Waals surface area contributed by atoms with E-state index in [1.165, 1.54) is 17.9 Å². The van der Waals surface area contributed by atoms with Crippen molar-refractivity contribution in [3.63, 3.8) is 0 Å². The van der Waals surface area contributed by atoms with Gasteiger partial charge in [-0.2, -0.15) is 11.8 Å². The summed E-state index contributed by atoms with van der Waals surface area (Å²) in [4.78, 5) is 2.42. The highest BCUT2D eigenvalue weighted by atomic mass is 79.9. The molecule has 0 aromatic heterocycles. The third-order valence-electron chi connectivity index (χ3n) is 3.18. The molecule has 1 N–H and O–H groups in total. The topological polar surface area (TPSA) is 15.3 Å². The van der Waals surface area contributed by atoms with Crippen molar-refractivity contribution >= 4 is 27.7 Å². The van der Waals surface area contributed by atoms with Gasteiger partial charge in [0.25, 0.3) is 0 Å². The van der Waals surface area contributed by atoms with Crippen molar-refractivity contribution in [2.24, 2.45) is 0 Å². The third-order valence-corrected chi connectivity index (χ3v) is 4.26. The van der Waals surface area contributed by atoms with E-state index in [-0.39, 0.29) is 0 Å². The lowest BCUT2D eigenvalue weighted by atomic mass is 10.0. The first-order valence-electron chi connectivity index (χ1n) is 6.83. The van der Waals surface area contributed by atoms with Crippen LogP contribution in [0.25, 0.3) is 0 Å². The summed E-state index contributed by atoms with van der Waals surface area (Å²) in [6, 6.07) is 9.06. The number of rotatable bonds is 9. The molecule has 2 nitrogen and oxygen atoms in total. The van der Waals surface area contributed by atoms with Crippen molar-refractivity contribution in [3.8, 4) is 0 Å². The number of thioether (sulfide) groups is 1. The number of hydrogen-bond donors (Lipinski definition) is 1. The van der Waals surface area contributed by atoms with Crippen LogP contribution >= 0.6 is 27.7 Å². The largest absolute Gasteiger partial charge is 0.310 e. The molecular weight excluding hydrogens is 320 g/mol. The molecule has 0 saturated heterocycles. The average Bonchev–Trinajstić information content (AvgIpc) is 2.41. The van der Waals surface area contributed by atoms with E-state index in [1.807, 2.05) is 11.8 Å². The molecule has 0 heterocycles. The highest BCUT2D eigenvalue weighted by Gasteiger charge is 2.11. The van der Waals surface area contributed by atoms with Gasteiger partial charge in [-0.1, -0.05) is 35.0 Å². The molecule has 0 aliphatic carbocycles. The first-order valence-corrected chi connectivity index (χ1v) is 9.02. The second-order valence-electron chi connectivity index (χ2n) is 4.75. The molecular formula is C15H25BrN2S. The summed E-state index contributed by atoms with van der Waals surface area (Å²) in [6.07, 6.45) is 3.31. The Balaban J connectivity index is 2.53. The number of nitrogens with one attached hydrogen (secondary N) is 1. The van der Waals surface area contributed by atoms with Gasteiger partial charge in [0.2, 0.25) is 0 Å². The highest BCUT2D eigenvalue weighted by Crippen LogP contribution is 2.21. The molecule has 0 bridgehead atoms. The smallest absolute Gasteiger partial charge is 0.0332 e. The summed E-state index contributed by atoms with van der Waals surface area (Å²) in [7, 11) is 2.21. The average molecular weight is 345 g/mol. The number of hydrogen-bond acceptors (Lipinski definition) is 3. The van der Waals surface area contributed by atoms with E-state index in [9.17, 15) is 0 Å². The van der Waals surface area contributed by atoms with Crippen LogP contribution in [0.5, 0.6) is 0 Å². The Bertz CT molecular complexity index is 360. The summed E-state index contributed by atoms with van der Waals surface area (Å²) in [6.45, 7) is 5.47. The minimum atomic E-state index is 0.444. The third kappa shape index (κ3) is 6.80. The van der Waals surface area contributed by atoms with E-state index in [1.54, 1.807) is 0 Å². The van der Waals surface area contributed by atoms with Crippen LogP contribution in [-0.2, 0) is 0 Å². The second kappa shape index (κ2) is 9.81. The standard InChI is InChI=1S/C15H25BrN2S/c1-4-17-15(8-9-18(2)10-11-19-3)13-6-5-7-14(16)12-13/h5-7,12,15,17H,4,8-11H2,1-3H3. The summed E-state index contributed by atoms with van der Waals surface area (Å²) in [5, 5.41) is 3.58. The van der Waals surface area contributed by atoms with Crippen LogP contribution in [-0.4, -0.2) is 43.6 Å². The molecule has 1 aromatic carbocycles. The molecule has 1 rings (SSSR count). The van der Waals surface area contributed by atoms with Gasteiger partial charge in [-0.25, -0.2) is 0 Å². The van der Waals surface area contributed by atoms with E-state index >= 15 is 0 Å². The molecule has 1 unspecified atom stereocenters. The minimum Gasteiger partial charge on any atom is -0.310 e. The highest BCUT2D eigenvalue weighted by molar-refractivity contribution is 9.10. The van der Waals surface area contributed by atoms with Gasteiger partial charge < -0.3 is 10.2 Å². The second-order valence-corrected chi connectivity index (χ2v) is 6.65. The molecule has 1 atom stereocenters. The Hall–Kier alpha value is -0.0300. The van der Waals surface area contributed by atoms with E-state index in [2.05, 4.69) is 70.6 Å². The number of nitrogens with zero attached hydrogens (tertiary/aromatic N) is 1. The SMILES string of the molecule is CCNC(CCN(C)CCSC)c1cccc(Br)c1. The van der Waals surface area contributed by atoms with Crippen molar-refractivity contribution in [3.05, 3.63) is 34.3 Å². The maximum absolute atomic E-state index is 3.58. The van der Waals surface area contributed by atoms with E-state index in [0.717, 1.165) is 24.0 Å². The van der Waals surface area contributed by atoms with Gasteiger partial charge >= 0.3 is 0 Å². The van der Waals surface area contributed by atoms with E-state index < -0.39 is 0 Å². The first-order chi connectivity index (χ1) is 9.17. The predicted molar refractivity (Wildman–Crippen MR) is 91.1 cm³/mol. The van der Waals surface area contributed by atoms with Gasteiger partial charge in [-0.3, -0.25) is 0 Å². The number of halogens is 1. The lowest BCUT2D eigenvalue weighted by Gasteiger charge is -2.22. The van der Waals surface area contributed by atoms with Gasteiger partial charge in [0.15, 0.2) is 0 Å². The van der Waals surface area contributed by atoms with Crippen LogP contribution in [0.1, 0.15) is 24.9 Å². The number of benzene rings is 1. The lowest BCUT2D eigenvalue weighted by Crippen LogP contribution is -2.28. The Morgan fingerprint density at radius 1 is 1.37 bits per heavy atom. The van der Waals surface area contributed by atoms with Crippen molar-refractivity contribution in [1.29, 1.82) is 0 Å². The van der Waals surface area contributed by atoms with Crippen molar-refractivity contribution in [2.75, 3.05) is 38.7 Å². The molecule has 0 saturated carbocycles. The monoisotopic (exact) mass is 344 g/mol. The van der Waals surface area contributed by atoms with Crippen molar-refractivity contribution in [2.45, 2.75) is 19.4 Å². The fourth-order valence-corrected chi connectivity index (χ4v) is 2.98. The van der Waals surface area contributed by atoms with Gasteiger partial charge in [0, 0.05) is 22.8 Å². The van der Waals surface area contributed by atoms with E-state index in [4.69, 9.17) is 0 Å². The summed E-state index contributed by atoms with van der Waals surface area (Å²) in [5.41, 5.74) is 1.37. The predicted octanol–water partition coefficient (Wildman–Crippen LogP) is 3.78. The Morgan fingerprint density at radius 2 is 2.16 bits per heavy atom. The maximum atomic E-state index is 3.58. The molecule has 1 aromatic rings. The van der Waals surface area contributed by atoms with Crippen LogP contribution < -0.4 is 5.32 Å². The van der Waals surface area contributed by atoms with Crippen molar-refractivity contribution < 1.29 is 0 Å². The van der Waals surface area contributed by atoms with E-state index in [0.29, 0.717) is 6.04 Å². The molecule has 4 heteroatoms. The van der Waals surface area contributed by atoms with Gasteiger partial charge in [-0.05, 0) is 50.5 Å². The van der Waals surface area contributed by atoms with Gasteiger partial charge in [0.1, 0.15) is 0 Å². The summed E-state index contributed by atoms with van der Waals surface area (Å²) < 4.78 is 1.16. The summed E-state index contributed by atoms with van der Waals surface area (Å²) in [5.74, 6) is 1.21. The minimum absolute atomic E-state index is 0.444. The molecule has 0 spiro atoms. The fourth-order valence-electron chi connectivity index (χ4n) is 2.06. The normalized spacial score (nSPS) is 12.9. The molecule has 0 fully saturated rings. The van der Waals surface area contributed by atoms with Crippen LogP contribution in [0.2, 0.25) is 0 Å².